The third kappa shape index (κ3) is 2.92. The van der Waals surface area contributed by atoms with Crippen molar-refractivity contribution in [3.05, 3.63) is 0 Å². The van der Waals surface area contributed by atoms with Gasteiger partial charge in [0.25, 0.3) is 0 Å². The molecule has 0 aromatic carbocycles. The van der Waals surface area contributed by atoms with E-state index in [0.717, 1.165) is 30.0 Å². The van der Waals surface area contributed by atoms with Gasteiger partial charge in [0.15, 0.2) is 0 Å². The van der Waals surface area contributed by atoms with E-state index in [-0.39, 0.29) is 0 Å². The molecular formula is C18H34N2. The average molecular weight is 278 g/mol. The molecule has 20 heavy (non-hydrogen) atoms. The van der Waals surface area contributed by atoms with Crippen LogP contribution in [0, 0.1) is 11.8 Å². The molecule has 0 N–H and O–H groups in total. The predicted molar refractivity (Wildman–Crippen MR) is 86.0 cm³/mol. The fourth-order valence-corrected chi connectivity index (χ4v) is 4.91. The maximum Gasteiger partial charge on any atom is 0.0224 e. The van der Waals surface area contributed by atoms with Gasteiger partial charge in [0.2, 0.25) is 0 Å². The molecule has 2 saturated heterocycles. The third-order valence-electron chi connectivity index (χ3n) is 6.60. The minimum Gasteiger partial charge on any atom is -0.298 e. The van der Waals surface area contributed by atoms with E-state index >= 15 is 0 Å². The van der Waals surface area contributed by atoms with Crippen LogP contribution in [-0.4, -0.2) is 47.6 Å². The van der Waals surface area contributed by atoms with Gasteiger partial charge < -0.3 is 0 Å². The fourth-order valence-electron chi connectivity index (χ4n) is 4.91. The molecule has 2 aliphatic heterocycles. The van der Waals surface area contributed by atoms with Crippen LogP contribution in [0.1, 0.15) is 65.7 Å². The Morgan fingerprint density at radius 3 is 2.50 bits per heavy atom. The lowest BCUT2D eigenvalue weighted by Crippen LogP contribution is -2.62. The molecule has 3 rings (SSSR count). The predicted octanol–water partition coefficient (Wildman–Crippen LogP) is 3.76. The van der Waals surface area contributed by atoms with Gasteiger partial charge in [0.1, 0.15) is 0 Å². The zero-order valence-corrected chi connectivity index (χ0v) is 13.9. The Morgan fingerprint density at radius 1 is 0.900 bits per heavy atom. The second-order valence-electron chi connectivity index (χ2n) is 7.82. The quantitative estimate of drug-likeness (QED) is 0.759. The Hall–Kier alpha value is -0.0800. The number of nitrogens with zero attached hydrogens (tertiary/aromatic N) is 2. The average Bonchev–Trinajstić information content (AvgIpc) is 2.48. The van der Waals surface area contributed by atoms with Gasteiger partial charge in [-0.25, -0.2) is 0 Å². The maximum absolute atomic E-state index is 2.94. The highest BCUT2D eigenvalue weighted by atomic mass is 15.3. The summed E-state index contributed by atoms with van der Waals surface area (Å²) in [6.45, 7) is 11.4. The van der Waals surface area contributed by atoms with Gasteiger partial charge in [-0.1, -0.05) is 27.2 Å². The van der Waals surface area contributed by atoms with Crippen LogP contribution in [0.3, 0.4) is 0 Å². The number of piperazine rings is 1. The Bertz CT molecular complexity index is 317. The molecule has 0 aromatic rings. The van der Waals surface area contributed by atoms with E-state index in [1.54, 1.807) is 0 Å². The maximum atomic E-state index is 2.94. The van der Waals surface area contributed by atoms with Crippen molar-refractivity contribution in [1.29, 1.82) is 0 Å². The molecule has 0 aromatic heterocycles. The first-order valence-electron chi connectivity index (χ1n) is 9.18. The van der Waals surface area contributed by atoms with Gasteiger partial charge in [-0.2, -0.15) is 0 Å². The Kier molecular flexibility index (Phi) is 4.72. The fraction of sp³-hybridized carbons (Fsp3) is 1.00. The molecule has 0 spiro atoms. The van der Waals surface area contributed by atoms with Gasteiger partial charge in [-0.15, -0.1) is 0 Å². The van der Waals surface area contributed by atoms with Crippen LogP contribution >= 0.6 is 0 Å². The molecule has 5 unspecified atom stereocenters. The van der Waals surface area contributed by atoms with Crippen LogP contribution in [0.25, 0.3) is 0 Å². The SMILES string of the molecule is CCC1CN2CCCCC2CN1C1CCC(C)C(C)C1. The van der Waals surface area contributed by atoms with Crippen molar-refractivity contribution in [3.8, 4) is 0 Å². The van der Waals surface area contributed by atoms with Crippen molar-refractivity contribution in [3.63, 3.8) is 0 Å². The molecule has 0 bridgehead atoms. The van der Waals surface area contributed by atoms with Gasteiger partial charge in [0, 0.05) is 31.2 Å². The molecule has 0 amide bonds. The summed E-state index contributed by atoms with van der Waals surface area (Å²) in [5.74, 6) is 1.87. The van der Waals surface area contributed by atoms with E-state index in [4.69, 9.17) is 0 Å². The first kappa shape index (κ1) is 14.8. The minimum absolute atomic E-state index is 0.829. The van der Waals surface area contributed by atoms with Gasteiger partial charge >= 0.3 is 0 Å². The molecule has 2 heterocycles. The molecule has 1 aliphatic carbocycles. The lowest BCUT2D eigenvalue weighted by atomic mass is 9.77. The smallest absolute Gasteiger partial charge is 0.0224 e. The van der Waals surface area contributed by atoms with Crippen molar-refractivity contribution in [2.45, 2.75) is 83.8 Å². The van der Waals surface area contributed by atoms with E-state index in [1.165, 1.54) is 64.6 Å². The highest BCUT2D eigenvalue weighted by Gasteiger charge is 2.39. The Labute approximate surface area is 125 Å². The first-order chi connectivity index (χ1) is 9.69. The normalized spacial score (nSPS) is 44.2. The Balaban J connectivity index is 1.67. The second kappa shape index (κ2) is 6.36. The summed E-state index contributed by atoms with van der Waals surface area (Å²) in [6.07, 6.45) is 10.0. The highest BCUT2D eigenvalue weighted by Crippen LogP contribution is 2.35. The first-order valence-corrected chi connectivity index (χ1v) is 9.18. The number of hydrogen-bond donors (Lipinski definition) is 0. The summed E-state index contributed by atoms with van der Waals surface area (Å²) in [7, 11) is 0. The molecular weight excluding hydrogens is 244 g/mol. The highest BCUT2D eigenvalue weighted by molar-refractivity contribution is 4.94. The topological polar surface area (TPSA) is 6.48 Å². The van der Waals surface area contributed by atoms with Gasteiger partial charge in [0.05, 0.1) is 0 Å². The van der Waals surface area contributed by atoms with Crippen LogP contribution in [0.2, 0.25) is 0 Å². The van der Waals surface area contributed by atoms with Crippen LogP contribution in [-0.2, 0) is 0 Å². The molecule has 2 heteroatoms. The number of hydrogen-bond acceptors (Lipinski definition) is 2. The summed E-state index contributed by atoms with van der Waals surface area (Å²) in [5.41, 5.74) is 0. The largest absolute Gasteiger partial charge is 0.298 e. The number of piperidine rings is 1. The van der Waals surface area contributed by atoms with Crippen LogP contribution < -0.4 is 0 Å². The van der Waals surface area contributed by atoms with E-state index < -0.39 is 0 Å². The lowest BCUT2D eigenvalue weighted by Gasteiger charge is -2.52. The minimum atomic E-state index is 0.829. The molecule has 1 saturated carbocycles. The van der Waals surface area contributed by atoms with Crippen molar-refractivity contribution in [2.24, 2.45) is 11.8 Å². The van der Waals surface area contributed by atoms with Crippen molar-refractivity contribution >= 4 is 0 Å². The lowest BCUT2D eigenvalue weighted by molar-refractivity contribution is -0.0319. The summed E-state index contributed by atoms with van der Waals surface area (Å²) in [4.78, 5) is 5.75. The molecule has 3 aliphatic rings. The summed E-state index contributed by atoms with van der Waals surface area (Å²) >= 11 is 0. The van der Waals surface area contributed by atoms with Crippen LogP contribution in [0.4, 0.5) is 0 Å². The molecule has 2 nitrogen and oxygen atoms in total. The summed E-state index contributed by atoms with van der Waals surface area (Å²) < 4.78 is 0. The second-order valence-corrected chi connectivity index (χ2v) is 7.82. The van der Waals surface area contributed by atoms with E-state index in [9.17, 15) is 0 Å². The monoisotopic (exact) mass is 278 g/mol. The third-order valence-corrected chi connectivity index (χ3v) is 6.60. The zero-order valence-electron chi connectivity index (χ0n) is 13.9. The number of fused-ring (bicyclic) bond motifs is 1. The standard InChI is InChI=1S/C18H34N2/c1-4-16-12-19-10-6-5-7-18(19)13-20(16)17-9-8-14(2)15(3)11-17/h14-18H,4-13H2,1-3H3. The van der Waals surface area contributed by atoms with Crippen molar-refractivity contribution in [2.75, 3.05) is 19.6 Å². The van der Waals surface area contributed by atoms with Crippen molar-refractivity contribution < 1.29 is 0 Å². The summed E-state index contributed by atoms with van der Waals surface area (Å²) in [6, 6.07) is 2.59. The van der Waals surface area contributed by atoms with E-state index in [2.05, 4.69) is 30.6 Å². The zero-order chi connectivity index (χ0) is 14.1. The molecule has 5 atom stereocenters. The van der Waals surface area contributed by atoms with E-state index in [0.29, 0.717) is 0 Å². The molecule has 116 valence electrons. The molecule has 3 fully saturated rings. The van der Waals surface area contributed by atoms with E-state index in [1.807, 2.05) is 0 Å². The Morgan fingerprint density at radius 2 is 1.75 bits per heavy atom. The molecule has 0 radical (unpaired) electrons. The number of rotatable bonds is 2. The summed E-state index contributed by atoms with van der Waals surface area (Å²) in [5, 5.41) is 0. The van der Waals surface area contributed by atoms with Gasteiger partial charge in [-0.3, -0.25) is 9.80 Å². The van der Waals surface area contributed by atoms with Gasteiger partial charge in [-0.05, 0) is 56.9 Å². The van der Waals surface area contributed by atoms with Crippen LogP contribution in [0.15, 0.2) is 0 Å². The van der Waals surface area contributed by atoms with Crippen molar-refractivity contribution in [1.82, 2.24) is 9.80 Å². The van der Waals surface area contributed by atoms with Crippen LogP contribution in [0.5, 0.6) is 0 Å².